The maximum atomic E-state index is 12.7. The van der Waals surface area contributed by atoms with Crippen LogP contribution in [0.2, 0.25) is 0 Å². The van der Waals surface area contributed by atoms with Gasteiger partial charge in [-0.05, 0) is 54.7 Å². The topological polar surface area (TPSA) is 0 Å². The summed E-state index contributed by atoms with van der Waals surface area (Å²) in [5, 5.41) is 0. The number of aryl methyl sites for hydroxylation is 1. The molecular formula is C15H13F2. The minimum atomic E-state index is -0.222. The van der Waals surface area contributed by atoms with Crippen molar-refractivity contribution in [3.63, 3.8) is 0 Å². The molecule has 0 aliphatic heterocycles. The number of benzene rings is 2. The average Bonchev–Trinajstić information content (AvgIpc) is 2.34. The van der Waals surface area contributed by atoms with Crippen LogP contribution in [-0.2, 0) is 6.42 Å². The molecule has 0 amide bonds. The highest BCUT2D eigenvalue weighted by atomic mass is 19.1. The van der Waals surface area contributed by atoms with E-state index >= 15 is 0 Å². The van der Waals surface area contributed by atoms with Crippen molar-refractivity contribution in [2.45, 2.75) is 12.8 Å². The molecule has 2 rings (SSSR count). The summed E-state index contributed by atoms with van der Waals surface area (Å²) in [4.78, 5) is 0. The summed E-state index contributed by atoms with van der Waals surface area (Å²) >= 11 is 0. The van der Waals surface area contributed by atoms with Crippen LogP contribution in [0.4, 0.5) is 8.78 Å². The van der Waals surface area contributed by atoms with Crippen LogP contribution in [-0.4, -0.2) is 0 Å². The molecule has 1 radical (unpaired) electrons. The van der Waals surface area contributed by atoms with Crippen molar-refractivity contribution >= 4 is 0 Å². The summed E-state index contributed by atoms with van der Waals surface area (Å²) in [6, 6.07) is 12.9. The first kappa shape index (κ1) is 11.8. The van der Waals surface area contributed by atoms with Gasteiger partial charge in [-0.25, -0.2) is 8.78 Å². The van der Waals surface area contributed by atoms with Crippen LogP contribution in [0, 0.1) is 18.1 Å². The molecule has 0 saturated carbocycles. The molecule has 0 spiro atoms. The summed E-state index contributed by atoms with van der Waals surface area (Å²) < 4.78 is 25.3. The van der Waals surface area contributed by atoms with Crippen molar-refractivity contribution in [1.82, 2.24) is 0 Å². The molecule has 2 heteroatoms. The van der Waals surface area contributed by atoms with Gasteiger partial charge in [-0.3, -0.25) is 0 Å². The molecule has 87 valence electrons. The van der Waals surface area contributed by atoms with E-state index in [1.807, 2.05) is 6.42 Å². The monoisotopic (exact) mass is 231 g/mol. The summed E-state index contributed by atoms with van der Waals surface area (Å²) in [5.41, 5.74) is 2.11. The summed E-state index contributed by atoms with van der Waals surface area (Å²) in [6.45, 7) is 0. The van der Waals surface area contributed by atoms with Gasteiger partial charge in [0, 0.05) is 0 Å². The van der Waals surface area contributed by atoms with Crippen LogP contribution in [0.1, 0.15) is 17.5 Å². The lowest BCUT2D eigenvalue weighted by Gasteiger charge is -2.02. The number of hydrogen-bond donors (Lipinski definition) is 0. The van der Waals surface area contributed by atoms with Crippen LogP contribution in [0.3, 0.4) is 0 Å². The molecule has 0 nitrogen and oxygen atoms in total. The van der Waals surface area contributed by atoms with Crippen molar-refractivity contribution in [3.8, 4) is 0 Å². The molecule has 17 heavy (non-hydrogen) atoms. The van der Waals surface area contributed by atoms with Gasteiger partial charge in [0.1, 0.15) is 11.6 Å². The third-order valence-corrected chi connectivity index (χ3v) is 2.60. The fraction of sp³-hybridized carbons (Fsp3) is 0.133. The van der Waals surface area contributed by atoms with Gasteiger partial charge in [-0.15, -0.1) is 0 Å². The van der Waals surface area contributed by atoms with Crippen LogP contribution in [0.25, 0.3) is 0 Å². The average molecular weight is 231 g/mol. The van der Waals surface area contributed by atoms with Gasteiger partial charge in [0.15, 0.2) is 0 Å². The molecule has 2 aromatic rings. The second kappa shape index (κ2) is 5.58. The Bertz CT molecular complexity index is 412. The molecular weight excluding hydrogens is 218 g/mol. The van der Waals surface area contributed by atoms with E-state index in [1.165, 1.54) is 24.3 Å². The molecule has 0 unspecified atom stereocenters. The van der Waals surface area contributed by atoms with Gasteiger partial charge in [-0.2, -0.15) is 0 Å². The van der Waals surface area contributed by atoms with Gasteiger partial charge in [-0.1, -0.05) is 24.3 Å². The Hall–Kier alpha value is -1.70. The van der Waals surface area contributed by atoms with Crippen LogP contribution in [0.15, 0.2) is 48.5 Å². The first-order valence-electron chi connectivity index (χ1n) is 5.57. The van der Waals surface area contributed by atoms with E-state index in [2.05, 4.69) is 0 Å². The molecule has 0 saturated heterocycles. The van der Waals surface area contributed by atoms with Crippen LogP contribution in [0.5, 0.6) is 0 Å². The zero-order valence-corrected chi connectivity index (χ0v) is 9.37. The Balaban J connectivity index is 1.83. The van der Waals surface area contributed by atoms with Gasteiger partial charge < -0.3 is 0 Å². The molecule has 0 bridgehead atoms. The highest BCUT2D eigenvalue weighted by Crippen LogP contribution is 2.11. The minimum absolute atomic E-state index is 0.212. The normalized spacial score (nSPS) is 10.5. The third-order valence-electron chi connectivity index (χ3n) is 2.60. The molecule has 0 fully saturated rings. The quantitative estimate of drug-likeness (QED) is 0.741. The van der Waals surface area contributed by atoms with Crippen LogP contribution >= 0.6 is 0 Å². The summed E-state index contributed by atoms with van der Waals surface area (Å²) in [5.74, 6) is -0.433. The Morgan fingerprint density at radius 2 is 1.29 bits per heavy atom. The maximum Gasteiger partial charge on any atom is 0.123 e. The predicted molar refractivity (Wildman–Crippen MR) is 64.5 cm³/mol. The zero-order valence-electron chi connectivity index (χ0n) is 9.37. The number of rotatable bonds is 4. The fourth-order valence-corrected chi connectivity index (χ4v) is 1.66. The van der Waals surface area contributed by atoms with Crippen molar-refractivity contribution in [2.75, 3.05) is 0 Å². The highest BCUT2D eigenvalue weighted by molar-refractivity contribution is 5.24. The van der Waals surface area contributed by atoms with Gasteiger partial charge in [0.05, 0.1) is 0 Å². The molecule has 0 aliphatic carbocycles. The van der Waals surface area contributed by atoms with E-state index in [-0.39, 0.29) is 11.6 Å². The fourth-order valence-electron chi connectivity index (χ4n) is 1.66. The van der Waals surface area contributed by atoms with E-state index in [9.17, 15) is 8.78 Å². The Labute approximate surface area is 99.9 Å². The third kappa shape index (κ3) is 3.66. The molecule has 2 aromatic carbocycles. The lowest BCUT2D eigenvalue weighted by Crippen LogP contribution is -1.88. The molecule has 0 aromatic heterocycles. The van der Waals surface area contributed by atoms with Crippen molar-refractivity contribution < 1.29 is 8.78 Å². The minimum Gasteiger partial charge on any atom is -0.207 e. The van der Waals surface area contributed by atoms with Gasteiger partial charge in [0.2, 0.25) is 0 Å². The lowest BCUT2D eigenvalue weighted by atomic mass is 10.0. The van der Waals surface area contributed by atoms with Gasteiger partial charge >= 0.3 is 0 Å². The largest absolute Gasteiger partial charge is 0.207 e. The smallest absolute Gasteiger partial charge is 0.123 e. The molecule has 0 atom stereocenters. The van der Waals surface area contributed by atoms with Crippen molar-refractivity contribution in [3.05, 3.63) is 77.7 Å². The Morgan fingerprint density at radius 1 is 0.765 bits per heavy atom. The lowest BCUT2D eigenvalue weighted by molar-refractivity contribution is 0.627. The first-order chi connectivity index (χ1) is 8.24. The Morgan fingerprint density at radius 3 is 1.88 bits per heavy atom. The second-order valence-corrected chi connectivity index (χ2v) is 3.92. The standard InChI is InChI=1S/C15H13F2/c16-14-8-4-12(5-9-14)2-1-3-13-6-10-15(17)11-7-13/h2,4-11H,1,3H2. The highest BCUT2D eigenvalue weighted by Gasteiger charge is 1.97. The van der Waals surface area contributed by atoms with Gasteiger partial charge in [0.25, 0.3) is 0 Å². The molecule has 0 heterocycles. The van der Waals surface area contributed by atoms with E-state index < -0.39 is 0 Å². The van der Waals surface area contributed by atoms with E-state index in [4.69, 9.17) is 0 Å². The zero-order chi connectivity index (χ0) is 12.1. The van der Waals surface area contributed by atoms with Crippen molar-refractivity contribution in [1.29, 1.82) is 0 Å². The van der Waals surface area contributed by atoms with E-state index in [0.717, 1.165) is 24.0 Å². The number of halogens is 2. The Kier molecular flexibility index (Phi) is 3.86. The molecule has 0 N–H and O–H groups in total. The summed E-state index contributed by atoms with van der Waals surface area (Å²) in [6.07, 6.45) is 3.76. The second-order valence-electron chi connectivity index (χ2n) is 3.92. The first-order valence-corrected chi connectivity index (χ1v) is 5.57. The predicted octanol–water partition coefficient (Wildman–Crippen LogP) is 4.15. The maximum absolute atomic E-state index is 12.7. The van der Waals surface area contributed by atoms with E-state index in [0.29, 0.717) is 0 Å². The molecule has 0 aliphatic rings. The van der Waals surface area contributed by atoms with Crippen molar-refractivity contribution in [2.24, 2.45) is 0 Å². The SMILES string of the molecule is Fc1ccc([CH]CCc2ccc(F)cc2)cc1. The van der Waals surface area contributed by atoms with E-state index in [1.54, 1.807) is 24.3 Å². The summed E-state index contributed by atoms with van der Waals surface area (Å²) in [7, 11) is 0. The number of hydrogen-bond acceptors (Lipinski definition) is 0. The van der Waals surface area contributed by atoms with Crippen LogP contribution < -0.4 is 0 Å².